The number of pyridine rings is 1. The molecule has 0 unspecified atom stereocenters. The number of hydrogen-bond acceptors (Lipinski definition) is 3. The standard InChI is InChI=1S/C14H18N2O2/c17-14(11-5-1-2-6-11)16-9-12(10-16)18-13-7-3-4-8-15-13/h3-4,7-8,11-12H,1-2,5-6,9-10H2. The number of aromatic nitrogens is 1. The van der Waals surface area contributed by atoms with Crippen molar-refractivity contribution in [2.45, 2.75) is 31.8 Å². The van der Waals surface area contributed by atoms with Crippen molar-refractivity contribution >= 4 is 5.91 Å². The number of carbonyl (C=O) groups is 1. The molecule has 0 N–H and O–H groups in total. The maximum Gasteiger partial charge on any atom is 0.225 e. The molecule has 18 heavy (non-hydrogen) atoms. The molecule has 4 nitrogen and oxygen atoms in total. The van der Waals surface area contributed by atoms with Gasteiger partial charge in [0.25, 0.3) is 0 Å². The Bertz CT molecular complexity index is 409. The molecule has 0 atom stereocenters. The fourth-order valence-electron chi connectivity index (χ4n) is 2.71. The Kier molecular flexibility index (Phi) is 3.17. The van der Waals surface area contributed by atoms with Crippen LogP contribution in [0, 0.1) is 5.92 Å². The fraction of sp³-hybridized carbons (Fsp3) is 0.571. The minimum Gasteiger partial charge on any atom is -0.471 e. The van der Waals surface area contributed by atoms with E-state index in [9.17, 15) is 4.79 Å². The van der Waals surface area contributed by atoms with Gasteiger partial charge in [-0.3, -0.25) is 4.79 Å². The predicted octanol–water partition coefficient (Wildman–Crippen LogP) is 1.86. The SMILES string of the molecule is O=C(C1CCCC1)N1CC(Oc2ccccn2)C1. The highest BCUT2D eigenvalue weighted by Crippen LogP contribution is 2.28. The smallest absolute Gasteiger partial charge is 0.225 e. The molecule has 4 heteroatoms. The molecule has 1 saturated heterocycles. The fourth-order valence-corrected chi connectivity index (χ4v) is 2.71. The number of ether oxygens (including phenoxy) is 1. The summed E-state index contributed by atoms with van der Waals surface area (Å²) in [6.07, 6.45) is 6.39. The second kappa shape index (κ2) is 4.96. The van der Waals surface area contributed by atoms with Crippen LogP contribution in [0.1, 0.15) is 25.7 Å². The largest absolute Gasteiger partial charge is 0.471 e. The number of likely N-dealkylation sites (tertiary alicyclic amines) is 1. The molecule has 2 fully saturated rings. The van der Waals surface area contributed by atoms with Crippen LogP contribution in [0.4, 0.5) is 0 Å². The van der Waals surface area contributed by atoms with E-state index in [0.29, 0.717) is 24.9 Å². The molecule has 0 aromatic carbocycles. The first-order chi connectivity index (χ1) is 8.83. The Hall–Kier alpha value is -1.58. The quantitative estimate of drug-likeness (QED) is 0.817. The van der Waals surface area contributed by atoms with Crippen LogP contribution in [0.15, 0.2) is 24.4 Å². The Morgan fingerprint density at radius 3 is 2.72 bits per heavy atom. The molecule has 3 rings (SSSR count). The summed E-state index contributed by atoms with van der Waals surface area (Å²) in [5.41, 5.74) is 0. The molecule has 1 aromatic rings. The van der Waals surface area contributed by atoms with Gasteiger partial charge in [-0.2, -0.15) is 0 Å². The molecule has 1 amide bonds. The number of hydrogen-bond donors (Lipinski definition) is 0. The molecule has 1 saturated carbocycles. The van der Waals surface area contributed by atoms with Gasteiger partial charge < -0.3 is 9.64 Å². The van der Waals surface area contributed by atoms with E-state index in [4.69, 9.17) is 4.74 Å². The minimum atomic E-state index is 0.116. The molecule has 1 aromatic heterocycles. The molecule has 2 heterocycles. The Labute approximate surface area is 107 Å². The molecule has 2 aliphatic rings. The topological polar surface area (TPSA) is 42.4 Å². The third kappa shape index (κ3) is 2.33. The summed E-state index contributed by atoms with van der Waals surface area (Å²) < 4.78 is 5.69. The molecule has 96 valence electrons. The second-order valence-corrected chi connectivity index (χ2v) is 5.13. The zero-order chi connectivity index (χ0) is 12.4. The van der Waals surface area contributed by atoms with Crippen molar-refractivity contribution in [2.75, 3.05) is 13.1 Å². The summed E-state index contributed by atoms with van der Waals surface area (Å²) >= 11 is 0. The van der Waals surface area contributed by atoms with Crippen molar-refractivity contribution in [1.82, 2.24) is 9.88 Å². The highest BCUT2D eigenvalue weighted by atomic mass is 16.5. The van der Waals surface area contributed by atoms with Crippen LogP contribution < -0.4 is 4.74 Å². The van der Waals surface area contributed by atoms with Crippen LogP contribution in [0.3, 0.4) is 0 Å². The zero-order valence-corrected chi connectivity index (χ0v) is 10.4. The summed E-state index contributed by atoms with van der Waals surface area (Å²) in [4.78, 5) is 18.1. The summed E-state index contributed by atoms with van der Waals surface area (Å²) in [5.74, 6) is 1.25. The van der Waals surface area contributed by atoms with E-state index in [1.165, 1.54) is 12.8 Å². The average molecular weight is 246 g/mol. The Morgan fingerprint density at radius 2 is 2.06 bits per heavy atom. The van der Waals surface area contributed by atoms with Gasteiger partial charge in [0, 0.05) is 18.2 Å². The monoisotopic (exact) mass is 246 g/mol. The van der Waals surface area contributed by atoms with Crippen LogP contribution in [0.2, 0.25) is 0 Å². The maximum atomic E-state index is 12.1. The zero-order valence-electron chi connectivity index (χ0n) is 10.4. The van der Waals surface area contributed by atoms with E-state index in [2.05, 4.69) is 4.98 Å². The van der Waals surface area contributed by atoms with Gasteiger partial charge in [-0.1, -0.05) is 18.9 Å². The molecule has 0 spiro atoms. The first kappa shape index (κ1) is 11.5. The van der Waals surface area contributed by atoms with Gasteiger partial charge in [-0.15, -0.1) is 0 Å². The molecular formula is C14H18N2O2. The van der Waals surface area contributed by atoms with Gasteiger partial charge in [-0.05, 0) is 18.9 Å². The number of amides is 1. The lowest BCUT2D eigenvalue weighted by molar-refractivity contribution is -0.144. The lowest BCUT2D eigenvalue weighted by atomic mass is 10.0. The third-order valence-corrected chi connectivity index (χ3v) is 3.79. The number of carbonyl (C=O) groups excluding carboxylic acids is 1. The van der Waals surface area contributed by atoms with Crippen LogP contribution in [-0.2, 0) is 4.79 Å². The molecule has 0 bridgehead atoms. The van der Waals surface area contributed by atoms with Crippen LogP contribution in [0.25, 0.3) is 0 Å². The number of nitrogens with zero attached hydrogens (tertiary/aromatic N) is 2. The van der Waals surface area contributed by atoms with E-state index >= 15 is 0 Å². The van der Waals surface area contributed by atoms with Crippen molar-refractivity contribution in [3.05, 3.63) is 24.4 Å². The first-order valence-corrected chi connectivity index (χ1v) is 6.69. The normalized spacial score (nSPS) is 20.8. The highest BCUT2D eigenvalue weighted by Gasteiger charge is 2.36. The van der Waals surface area contributed by atoms with E-state index in [-0.39, 0.29) is 12.0 Å². The summed E-state index contributed by atoms with van der Waals surface area (Å²) in [5, 5.41) is 0. The van der Waals surface area contributed by atoms with Gasteiger partial charge in [-0.25, -0.2) is 4.98 Å². The average Bonchev–Trinajstić information content (AvgIpc) is 2.87. The third-order valence-electron chi connectivity index (χ3n) is 3.79. The summed E-state index contributed by atoms with van der Waals surface area (Å²) in [6, 6.07) is 5.62. The van der Waals surface area contributed by atoms with Gasteiger partial charge in [0.1, 0.15) is 6.10 Å². The van der Waals surface area contributed by atoms with E-state index in [1.807, 2.05) is 23.1 Å². The lowest BCUT2D eigenvalue weighted by Gasteiger charge is -2.40. The van der Waals surface area contributed by atoms with Crippen molar-refractivity contribution in [1.29, 1.82) is 0 Å². The molecule has 1 aliphatic heterocycles. The molecular weight excluding hydrogens is 228 g/mol. The van der Waals surface area contributed by atoms with Crippen molar-refractivity contribution in [3.63, 3.8) is 0 Å². The van der Waals surface area contributed by atoms with Gasteiger partial charge in [0.05, 0.1) is 13.1 Å². The van der Waals surface area contributed by atoms with Gasteiger partial charge >= 0.3 is 0 Å². The second-order valence-electron chi connectivity index (χ2n) is 5.13. The highest BCUT2D eigenvalue weighted by molar-refractivity contribution is 5.80. The van der Waals surface area contributed by atoms with E-state index < -0.39 is 0 Å². The lowest BCUT2D eigenvalue weighted by Crippen LogP contribution is -2.57. The van der Waals surface area contributed by atoms with Gasteiger partial charge in [0.15, 0.2) is 0 Å². The minimum absolute atomic E-state index is 0.116. The van der Waals surface area contributed by atoms with E-state index in [1.54, 1.807) is 6.20 Å². The van der Waals surface area contributed by atoms with Crippen molar-refractivity contribution in [2.24, 2.45) is 5.92 Å². The summed E-state index contributed by atoms with van der Waals surface area (Å²) in [6.45, 7) is 1.43. The van der Waals surface area contributed by atoms with Gasteiger partial charge in [0.2, 0.25) is 11.8 Å². The Morgan fingerprint density at radius 1 is 1.28 bits per heavy atom. The number of rotatable bonds is 3. The van der Waals surface area contributed by atoms with Crippen molar-refractivity contribution in [3.8, 4) is 5.88 Å². The van der Waals surface area contributed by atoms with Crippen molar-refractivity contribution < 1.29 is 9.53 Å². The first-order valence-electron chi connectivity index (χ1n) is 6.69. The van der Waals surface area contributed by atoms with Crippen LogP contribution in [-0.4, -0.2) is 35.0 Å². The molecule has 1 aliphatic carbocycles. The van der Waals surface area contributed by atoms with Crippen LogP contribution >= 0.6 is 0 Å². The van der Waals surface area contributed by atoms with E-state index in [0.717, 1.165) is 12.8 Å². The van der Waals surface area contributed by atoms with Crippen LogP contribution in [0.5, 0.6) is 5.88 Å². The maximum absolute atomic E-state index is 12.1. The predicted molar refractivity (Wildman–Crippen MR) is 67.2 cm³/mol. The Balaban J connectivity index is 1.47. The summed E-state index contributed by atoms with van der Waals surface area (Å²) in [7, 11) is 0. The molecule has 0 radical (unpaired) electrons.